The third-order valence-electron chi connectivity index (χ3n) is 3.64. The molecule has 1 atom stereocenters. The van der Waals surface area contributed by atoms with Crippen LogP contribution in [0.3, 0.4) is 0 Å². The predicted molar refractivity (Wildman–Crippen MR) is 88.0 cm³/mol. The number of hydrogen-bond acceptors (Lipinski definition) is 4. The van der Waals surface area contributed by atoms with Gasteiger partial charge in [-0.1, -0.05) is 18.2 Å². The van der Waals surface area contributed by atoms with Gasteiger partial charge in [-0.2, -0.15) is 0 Å². The molecule has 8 heteroatoms. The van der Waals surface area contributed by atoms with Crippen molar-refractivity contribution in [1.82, 2.24) is 9.80 Å². The van der Waals surface area contributed by atoms with Crippen molar-refractivity contribution in [3.63, 3.8) is 0 Å². The molecule has 1 aromatic carbocycles. The van der Waals surface area contributed by atoms with Gasteiger partial charge in [0, 0.05) is 31.7 Å². The summed E-state index contributed by atoms with van der Waals surface area (Å²) in [6.45, 7) is 1.71. The minimum absolute atomic E-state index is 0. The Hall–Kier alpha value is -2.12. The molecule has 1 unspecified atom stereocenters. The van der Waals surface area contributed by atoms with E-state index in [2.05, 4.69) is 0 Å². The molecule has 126 valence electrons. The van der Waals surface area contributed by atoms with Gasteiger partial charge in [0.05, 0.1) is 12.5 Å². The summed E-state index contributed by atoms with van der Waals surface area (Å²) in [5, 5.41) is 0. The van der Waals surface area contributed by atoms with Gasteiger partial charge in [-0.3, -0.25) is 14.4 Å². The summed E-state index contributed by atoms with van der Waals surface area (Å²) < 4.78 is 0. The lowest BCUT2D eigenvalue weighted by molar-refractivity contribution is -0.135. The first-order valence-electron chi connectivity index (χ1n) is 7.16. The Kier molecular flexibility index (Phi) is 6.99. The van der Waals surface area contributed by atoms with E-state index in [1.165, 1.54) is 0 Å². The van der Waals surface area contributed by atoms with E-state index in [1.54, 1.807) is 21.9 Å². The molecule has 1 aliphatic rings. The molecule has 1 saturated heterocycles. The predicted octanol–water partition coefficient (Wildman–Crippen LogP) is -0.404. The highest BCUT2D eigenvalue weighted by atomic mass is 35.5. The molecule has 1 aliphatic heterocycles. The van der Waals surface area contributed by atoms with E-state index in [0.29, 0.717) is 31.7 Å². The second-order valence-electron chi connectivity index (χ2n) is 5.26. The zero-order valence-electron chi connectivity index (χ0n) is 12.7. The highest BCUT2D eigenvalue weighted by Crippen LogP contribution is 2.10. The van der Waals surface area contributed by atoms with Crippen molar-refractivity contribution in [3.8, 4) is 0 Å². The maximum Gasteiger partial charge on any atom is 0.253 e. The van der Waals surface area contributed by atoms with Gasteiger partial charge in [-0.15, -0.1) is 12.4 Å². The number of nitrogens with zero attached hydrogens (tertiary/aromatic N) is 2. The molecule has 1 fully saturated rings. The SMILES string of the molecule is Cl.NC(=O)CC(N)C(=O)N1CCN(C(=O)c2ccccc2)CC1. The Morgan fingerprint density at radius 2 is 1.52 bits per heavy atom. The van der Waals surface area contributed by atoms with E-state index in [4.69, 9.17) is 11.5 Å². The average Bonchev–Trinajstić information content (AvgIpc) is 2.54. The maximum atomic E-state index is 12.3. The van der Waals surface area contributed by atoms with Crippen LogP contribution in [0.25, 0.3) is 0 Å². The Labute approximate surface area is 141 Å². The van der Waals surface area contributed by atoms with Gasteiger partial charge in [0.1, 0.15) is 0 Å². The third-order valence-corrected chi connectivity index (χ3v) is 3.64. The monoisotopic (exact) mass is 340 g/mol. The van der Waals surface area contributed by atoms with E-state index in [1.807, 2.05) is 18.2 Å². The van der Waals surface area contributed by atoms with Crippen LogP contribution in [0.4, 0.5) is 0 Å². The fourth-order valence-corrected chi connectivity index (χ4v) is 2.43. The van der Waals surface area contributed by atoms with Crippen LogP contribution in [-0.2, 0) is 9.59 Å². The van der Waals surface area contributed by atoms with E-state index in [-0.39, 0.29) is 30.6 Å². The Bertz CT molecular complexity index is 559. The van der Waals surface area contributed by atoms with Crippen molar-refractivity contribution >= 4 is 30.1 Å². The maximum absolute atomic E-state index is 12.3. The van der Waals surface area contributed by atoms with Gasteiger partial charge in [-0.25, -0.2) is 0 Å². The zero-order chi connectivity index (χ0) is 16.1. The molecule has 1 heterocycles. The number of piperazine rings is 1. The summed E-state index contributed by atoms with van der Waals surface area (Å²) in [7, 11) is 0. The molecule has 0 aliphatic carbocycles. The molecule has 0 saturated carbocycles. The molecular formula is C15H21ClN4O3. The fourth-order valence-electron chi connectivity index (χ4n) is 2.43. The first kappa shape index (κ1) is 18.9. The molecule has 4 N–H and O–H groups in total. The van der Waals surface area contributed by atoms with Crippen molar-refractivity contribution in [2.75, 3.05) is 26.2 Å². The Balaban J connectivity index is 0.00000264. The van der Waals surface area contributed by atoms with Crippen LogP contribution in [0.1, 0.15) is 16.8 Å². The summed E-state index contributed by atoms with van der Waals surface area (Å²) >= 11 is 0. The van der Waals surface area contributed by atoms with Crippen molar-refractivity contribution in [2.45, 2.75) is 12.5 Å². The highest BCUT2D eigenvalue weighted by Gasteiger charge is 2.28. The molecule has 1 aromatic rings. The molecule has 0 bridgehead atoms. The smallest absolute Gasteiger partial charge is 0.253 e. The number of rotatable bonds is 4. The number of amides is 3. The molecule has 2 rings (SSSR count). The molecule has 7 nitrogen and oxygen atoms in total. The van der Waals surface area contributed by atoms with Gasteiger partial charge >= 0.3 is 0 Å². The number of primary amides is 1. The molecular weight excluding hydrogens is 320 g/mol. The highest BCUT2D eigenvalue weighted by molar-refractivity contribution is 5.94. The van der Waals surface area contributed by atoms with Crippen LogP contribution in [0, 0.1) is 0 Å². The summed E-state index contributed by atoms with van der Waals surface area (Å²) in [5.41, 5.74) is 11.3. The molecule has 0 aromatic heterocycles. The first-order chi connectivity index (χ1) is 10.5. The van der Waals surface area contributed by atoms with Crippen molar-refractivity contribution in [2.24, 2.45) is 11.5 Å². The second kappa shape index (κ2) is 8.50. The summed E-state index contributed by atoms with van der Waals surface area (Å²) in [6, 6.07) is 8.11. The Morgan fingerprint density at radius 1 is 1.00 bits per heavy atom. The lowest BCUT2D eigenvalue weighted by Gasteiger charge is -2.35. The third kappa shape index (κ3) is 4.94. The van der Waals surface area contributed by atoms with Crippen LogP contribution < -0.4 is 11.5 Å². The number of halogens is 1. The molecule has 0 radical (unpaired) electrons. The van der Waals surface area contributed by atoms with Crippen LogP contribution >= 0.6 is 12.4 Å². The fraction of sp³-hybridized carbons (Fsp3) is 0.400. The summed E-state index contributed by atoms with van der Waals surface area (Å²) in [6.07, 6.45) is -0.165. The lowest BCUT2D eigenvalue weighted by Crippen LogP contribution is -2.54. The van der Waals surface area contributed by atoms with E-state index >= 15 is 0 Å². The number of nitrogens with two attached hydrogens (primary N) is 2. The van der Waals surface area contributed by atoms with Crippen molar-refractivity contribution in [3.05, 3.63) is 35.9 Å². The second-order valence-corrected chi connectivity index (χ2v) is 5.26. The van der Waals surface area contributed by atoms with Crippen molar-refractivity contribution < 1.29 is 14.4 Å². The topological polar surface area (TPSA) is 110 Å². The zero-order valence-corrected chi connectivity index (χ0v) is 13.5. The van der Waals surface area contributed by atoms with E-state index < -0.39 is 11.9 Å². The summed E-state index contributed by atoms with van der Waals surface area (Å²) in [5.74, 6) is -0.946. The minimum Gasteiger partial charge on any atom is -0.370 e. The molecule has 0 spiro atoms. The lowest BCUT2D eigenvalue weighted by atomic mass is 10.1. The number of hydrogen-bond donors (Lipinski definition) is 2. The van der Waals surface area contributed by atoms with Gasteiger partial charge < -0.3 is 21.3 Å². The van der Waals surface area contributed by atoms with Gasteiger partial charge in [0.25, 0.3) is 5.91 Å². The van der Waals surface area contributed by atoms with E-state index in [9.17, 15) is 14.4 Å². The van der Waals surface area contributed by atoms with Gasteiger partial charge in [0.15, 0.2) is 0 Å². The number of carbonyl (C=O) groups excluding carboxylic acids is 3. The van der Waals surface area contributed by atoms with Crippen LogP contribution in [-0.4, -0.2) is 59.7 Å². The first-order valence-corrected chi connectivity index (χ1v) is 7.16. The number of benzene rings is 1. The van der Waals surface area contributed by atoms with Crippen molar-refractivity contribution in [1.29, 1.82) is 0 Å². The average molecular weight is 341 g/mol. The van der Waals surface area contributed by atoms with Gasteiger partial charge in [0.2, 0.25) is 11.8 Å². The van der Waals surface area contributed by atoms with Crippen LogP contribution in [0.15, 0.2) is 30.3 Å². The number of carbonyl (C=O) groups is 3. The Morgan fingerprint density at radius 3 is 2.04 bits per heavy atom. The normalized spacial score (nSPS) is 15.5. The minimum atomic E-state index is -0.908. The van der Waals surface area contributed by atoms with Gasteiger partial charge in [-0.05, 0) is 12.1 Å². The van der Waals surface area contributed by atoms with Crippen LogP contribution in [0.5, 0.6) is 0 Å². The largest absolute Gasteiger partial charge is 0.370 e. The standard InChI is InChI=1S/C15H20N4O3.ClH/c16-12(10-13(17)20)15(22)19-8-6-18(7-9-19)14(21)11-4-2-1-3-5-11;/h1-5,12H,6-10,16H2,(H2,17,20);1H. The van der Waals surface area contributed by atoms with Crippen LogP contribution in [0.2, 0.25) is 0 Å². The molecule has 3 amide bonds. The quantitative estimate of drug-likeness (QED) is 0.776. The summed E-state index contributed by atoms with van der Waals surface area (Å²) in [4.78, 5) is 38.5. The molecule has 23 heavy (non-hydrogen) atoms. The van der Waals surface area contributed by atoms with E-state index in [0.717, 1.165) is 0 Å².